The molecular weight excluding hydrogens is 486 g/mol. The van der Waals surface area contributed by atoms with E-state index in [1.54, 1.807) is 29.2 Å². The Hall–Kier alpha value is -3.77. The van der Waals surface area contributed by atoms with E-state index in [1.807, 2.05) is 0 Å². The highest BCUT2D eigenvalue weighted by molar-refractivity contribution is 7.15. The minimum atomic E-state index is -0.749. The Morgan fingerprint density at radius 1 is 1.21 bits per heavy atom. The molecule has 1 aliphatic heterocycles. The average molecular weight is 504 g/mol. The Morgan fingerprint density at radius 2 is 1.88 bits per heavy atom. The lowest BCUT2D eigenvalue weighted by molar-refractivity contribution is -0.385. The van der Waals surface area contributed by atoms with Gasteiger partial charge in [0, 0.05) is 35.7 Å². The standard InChI is InChI=1S/C21H18ClN5O6S/c1-32-16-8-14(15(27(30)31)9-17(16)33-2)19(29)23-21-25-24-20(34-21)11-7-18(28)26(10-11)13-5-3-12(22)4-6-13/h3-6,8-9,11H,7,10H2,1-2H3,(H,23,25,29). The highest BCUT2D eigenvalue weighted by Crippen LogP contribution is 2.37. The number of nitro benzene ring substituents is 1. The first-order chi connectivity index (χ1) is 16.3. The first-order valence-corrected chi connectivity index (χ1v) is 11.1. The number of benzene rings is 2. The van der Waals surface area contributed by atoms with Gasteiger partial charge >= 0.3 is 0 Å². The van der Waals surface area contributed by atoms with Crippen molar-refractivity contribution in [2.24, 2.45) is 0 Å². The van der Waals surface area contributed by atoms with Gasteiger partial charge in [-0.25, -0.2) is 0 Å². The van der Waals surface area contributed by atoms with Crippen LogP contribution >= 0.6 is 22.9 Å². The molecule has 0 bridgehead atoms. The molecule has 1 N–H and O–H groups in total. The average Bonchev–Trinajstić information content (AvgIpc) is 3.45. The summed E-state index contributed by atoms with van der Waals surface area (Å²) >= 11 is 7.03. The molecule has 13 heteroatoms. The monoisotopic (exact) mass is 503 g/mol. The number of hydrogen-bond acceptors (Lipinski definition) is 9. The van der Waals surface area contributed by atoms with Crippen LogP contribution in [0.4, 0.5) is 16.5 Å². The van der Waals surface area contributed by atoms with Crippen LogP contribution < -0.4 is 19.7 Å². The molecule has 1 saturated heterocycles. The van der Waals surface area contributed by atoms with Crippen LogP contribution in [0.25, 0.3) is 0 Å². The number of aromatic nitrogens is 2. The van der Waals surface area contributed by atoms with Crippen molar-refractivity contribution in [2.45, 2.75) is 12.3 Å². The highest BCUT2D eigenvalue weighted by atomic mass is 35.5. The fraction of sp³-hybridized carbons (Fsp3) is 0.238. The maximum absolute atomic E-state index is 12.8. The number of nitrogens with zero attached hydrogens (tertiary/aromatic N) is 4. The first kappa shape index (κ1) is 23.4. The van der Waals surface area contributed by atoms with Crippen molar-refractivity contribution >= 4 is 51.3 Å². The number of nitro groups is 1. The second kappa shape index (κ2) is 9.61. The predicted molar refractivity (Wildman–Crippen MR) is 125 cm³/mol. The fourth-order valence-electron chi connectivity index (χ4n) is 3.56. The number of rotatable bonds is 7. The van der Waals surface area contributed by atoms with Gasteiger partial charge in [-0.05, 0) is 24.3 Å². The molecule has 1 atom stereocenters. The van der Waals surface area contributed by atoms with Crippen molar-refractivity contribution in [2.75, 3.05) is 31.0 Å². The highest BCUT2D eigenvalue weighted by Gasteiger charge is 2.34. The zero-order valence-electron chi connectivity index (χ0n) is 18.0. The summed E-state index contributed by atoms with van der Waals surface area (Å²) in [6.45, 7) is 0.407. The Bertz CT molecular complexity index is 1270. The molecule has 0 saturated carbocycles. The van der Waals surface area contributed by atoms with Gasteiger partial charge < -0.3 is 14.4 Å². The molecule has 176 valence electrons. The fourth-order valence-corrected chi connectivity index (χ4v) is 4.51. The van der Waals surface area contributed by atoms with Crippen molar-refractivity contribution in [1.29, 1.82) is 0 Å². The molecule has 1 fully saturated rings. The van der Waals surface area contributed by atoms with Crippen LogP contribution in [0.1, 0.15) is 27.7 Å². The number of methoxy groups -OCH3 is 2. The molecule has 0 aliphatic carbocycles. The number of nitrogens with one attached hydrogen (secondary N) is 1. The first-order valence-electron chi connectivity index (χ1n) is 9.91. The van der Waals surface area contributed by atoms with Gasteiger partial charge in [0.25, 0.3) is 11.6 Å². The Labute approximate surface area is 202 Å². The van der Waals surface area contributed by atoms with E-state index in [0.717, 1.165) is 23.1 Å². The van der Waals surface area contributed by atoms with E-state index in [9.17, 15) is 19.7 Å². The Balaban J connectivity index is 1.51. The number of halogens is 1. The second-order valence-electron chi connectivity index (χ2n) is 7.26. The molecular formula is C21H18ClN5O6S. The smallest absolute Gasteiger partial charge is 0.286 e. The van der Waals surface area contributed by atoms with Crippen molar-refractivity contribution < 1.29 is 24.0 Å². The maximum atomic E-state index is 12.8. The molecule has 2 aromatic carbocycles. The zero-order chi connectivity index (χ0) is 24.4. The minimum Gasteiger partial charge on any atom is -0.493 e. The van der Waals surface area contributed by atoms with Crippen LogP contribution in [0.3, 0.4) is 0 Å². The van der Waals surface area contributed by atoms with Crippen LogP contribution in [0, 0.1) is 10.1 Å². The number of hydrogen-bond donors (Lipinski definition) is 1. The summed E-state index contributed by atoms with van der Waals surface area (Å²) in [4.78, 5) is 37.8. The topological polar surface area (TPSA) is 137 Å². The third-order valence-electron chi connectivity index (χ3n) is 5.22. The van der Waals surface area contributed by atoms with Crippen LogP contribution in [0.2, 0.25) is 5.02 Å². The minimum absolute atomic E-state index is 0.0611. The number of anilines is 2. The number of ether oxygens (including phenoxy) is 2. The quantitative estimate of drug-likeness (QED) is 0.378. The third-order valence-corrected chi connectivity index (χ3v) is 6.47. The molecule has 1 aliphatic rings. The summed E-state index contributed by atoms with van der Waals surface area (Å²) in [5, 5.41) is 23.4. The van der Waals surface area contributed by atoms with Gasteiger partial charge in [0.05, 0.1) is 25.2 Å². The van der Waals surface area contributed by atoms with Crippen LogP contribution in [0.5, 0.6) is 11.5 Å². The zero-order valence-corrected chi connectivity index (χ0v) is 19.6. The molecule has 11 nitrogen and oxygen atoms in total. The number of amides is 2. The predicted octanol–water partition coefficient (Wildman–Crippen LogP) is 3.89. The molecule has 1 unspecified atom stereocenters. The van der Waals surface area contributed by atoms with Crippen molar-refractivity contribution in [3.8, 4) is 11.5 Å². The van der Waals surface area contributed by atoms with E-state index in [1.165, 1.54) is 20.3 Å². The van der Waals surface area contributed by atoms with E-state index in [2.05, 4.69) is 15.5 Å². The SMILES string of the molecule is COc1cc(C(=O)Nc2nnc(C3CC(=O)N(c4ccc(Cl)cc4)C3)s2)c([N+](=O)[O-])cc1OC. The van der Waals surface area contributed by atoms with Crippen LogP contribution in [-0.2, 0) is 4.79 Å². The van der Waals surface area contributed by atoms with Crippen LogP contribution in [-0.4, -0.2) is 47.7 Å². The molecule has 2 heterocycles. The summed E-state index contributed by atoms with van der Waals surface area (Å²) in [6, 6.07) is 9.31. The Kier molecular flexibility index (Phi) is 6.61. The molecule has 3 aromatic rings. The van der Waals surface area contributed by atoms with Crippen molar-refractivity contribution in [3.63, 3.8) is 0 Å². The maximum Gasteiger partial charge on any atom is 0.286 e. The van der Waals surface area contributed by atoms with Gasteiger partial charge in [-0.1, -0.05) is 22.9 Å². The van der Waals surface area contributed by atoms with E-state index in [4.69, 9.17) is 21.1 Å². The molecule has 2 amide bonds. The lowest BCUT2D eigenvalue weighted by Gasteiger charge is -2.16. The summed E-state index contributed by atoms with van der Waals surface area (Å²) in [6.07, 6.45) is 0.242. The summed E-state index contributed by atoms with van der Waals surface area (Å²) in [7, 11) is 2.70. The normalized spacial score (nSPS) is 15.3. The van der Waals surface area contributed by atoms with Gasteiger partial charge in [-0.3, -0.25) is 25.0 Å². The molecule has 34 heavy (non-hydrogen) atoms. The van der Waals surface area contributed by atoms with E-state index < -0.39 is 16.5 Å². The van der Waals surface area contributed by atoms with Gasteiger partial charge in [0.1, 0.15) is 10.6 Å². The lowest BCUT2D eigenvalue weighted by Crippen LogP contribution is -2.24. The lowest BCUT2D eigenvalue weighted by atomic mass is 10.1. The van der Waals surface area contributed by atoms with Crippen molar-refractivity contribution in [1.82, 2.24) is 10.2 Å². The summed E-state index contributed by atoms with van der Waals surface area (Å²) < 4.78 is 10.2. The molecule has 1 aromatic heterocycles. The van der Waals surface area contributed by atoms with E-state index >= 15 is 0 Å². The second-order valence-corrected chi connectivity index (χ2v) is 8.71. The van der Waals surface area contributed by atoms with Gasteiger partial charge in [0.15, 0.2) is 11.5 Å². The van der Waals surface area contributed by atoms with Crippen molar-refractivity contribution in [3.05, 3.63) is 62.1 Å². The number of carbonyl (C=O) groups is 2. The largest absolute Gasteiger partial charge is 0.493 e. The summed E-state index contributed by atoms with van der Waals surface area (Å²) in [5.74, 6) is -0.723. The van der Waals surface area contributed by atoms with E-state index in [-0.39, 0.29) is 40.4 Å². The third kappa shape index (κ3) is 4.63. The molecule has 0 spiro atoms. The summed E-state index contributed by atoms with van der Waals surface area (Å²) in [5.41, 5.74) is 0.0694. The van der Waals surface area contributed by atoms with Crippen LogP contribution in [0.15, 0.2) is 36.4 Å². The van der Waals surface area contributed by atoms with Gasteiger partial charge in [-0.15, -0.1) is 10.2 Å². The molecule has 4 rings (SSSR count). The van der Waals surface area contributed by atoms with E-state index in [0.29, 0.717) is 16.6 Å². The number of carbonyl (C=O) groups excluding carboxylic acids is 2. The van der Waals surface area contributed by atoms with Gasteiger partial charge in [-0.2, -0.15) is 0 Å². The molecule has 0 radical (unpaired) electrons. The Morgan fingerprint density at radius 3 is 2.53 bits per heavy atom. The van der Waals surface area contributed by atoms with Gasteiger partial charge in [0.2, 0.25) is 11.0 Å².